The number of carbonyl (C=O) groups is 7. The van der Waals surface area contributed by atoms with Crippen molar-refractivity contribution in [3.8, 4) is 0 Å². The van der Waals surface area contributed by atoms with Crippen molar-refractivity contribution in [1.82, 2.24) is 36.2 Å². The predicted molar refractivity (Wildman–Crippen MR) is 390 cm³/mol. The minimum absolute atomic E-state index is 0.00972. The van der Waals surface area contributed by atoms with Crippen molar-refractivity contribution in [1.29, 1.82) is 0 Å². The minimum atomic E-state index is -1.10. The molecule has 3 aliphatic carbocycles. The first kappa shape index (κ1) is 71.9. The zero-order valence-corrected chi connectivity index (χ0v) is 60.0. The van der Waals surface area contributed by atoms with Gasteiger partial charge in [0.05, 0.1) is 19.1 Å². The van der Waals surface area contributed by atoms with Crippen molar-refractivity contribution < 1.29 is 43.0 Å². The van der Waals surface area contributed by atoms with E-state index in [2.05, 4.69) is 74.7 Å². The Bertz CT molecular complexity index is 3940. The van der Waals surface area contributed by atoms with Crippen molar-refractivity contribution in [3.05, 3.63) is 190 Å². The van der Waals surface area contributed by atoms with Crippen LogP contribution in [0.5, 0.6) is 0 Å². The molecule has 5 fully saturated rings. The first-order chi connectivity index (χ1) is 48.5. The summed E-state index contributed by atoms with van der Waals surface area (Å²) in [6, 6.07) is 31.3. The molecule has 532 valence electrons. The zero-order valence-electron chi connectivity index (χ0n) is 60.0. The van der Waals surface area contributed by atoms with Crippen LogP contribution in [0.15, 0.2) is 146 Å². The lowest BCUT2D eigenvalue weighted by molar-refractivity contribution is -0.127. The number of epoxide rings is 2. The number of pyridine rings is 3. The molecule has 12 rings (SSSR count). The lowest BCUT2D eigenvalue weighted by Gasteiger charge is -2.34. The number of carbonyl (C=O) groups excluding carboxylic acids is 7. The molecule has 6 atom stereocenters. The van der Waals surface area contributed by atoms with E-state index in [1.807, 2.05) is 104 Å². The number of aromatic nitrogens is 3. The maximum absolute atomic E-state index is 15.2. The third-order valence-electron chi connectivity index (χ3n) is 21.3. The van der Waals surface area contributed by atoms with Crippen LogP contribution in [0.25, 0.3) is 0 Å². The first-order valence-electron chi connectivity index (χ1n) is 36.7. The Balaban J connectivity index is 0.800. The van der Waals surface area contributed by atoms with Gasteiger partial charge in [0.25, 0.3) is 17.7 Å². The smallest absolute Gasteiger partial charge is 0.259 e. The van der Waals surface area contributed by atoms with E-state index in [0.717, 1.165) is 124 Å². The molecule has 3 unspecified atom stereocenters. The Morgan fingerprint density at radius 1 is 0.525 bits per heavy atom. The fourth-order valence-electron chi connectivity index (χ4n) is 15.2. The summed E-state index contributed by atoms with van der Waals surface area (Å²) < 4.78 is 11.5. The van der Waals surface area contributed by atoms with Crippen molar-refractivity contribution in [2.75, 3.05) is 27.9 Å². The Hall–Kier alpha value is -8.94. The fourth-order valence-corrected chi connectivity index (χ4v) is 15.2. The standard InChI is InChI=1S/C82H100N10O9/c1-52-73(101-52)79(99)92(67-40-32-59(33-41-67)82(7,8)46-63-34-26-55(49-85-63)71(75(95)88-61-22-14-10-15-23-61)91(78(98)68-51-100-68)66-36-28-57(29-37-66)80(2,3)4)72(76(96)89-62-24-16-11-17-25-62)56-27-35-64(86-50-56)47-81(5,6)58-30-38-65(39-31-58)90(77(97)53-42-44-84-69(93)45-53)70(54-19-18-43-83-48-54)74(94)87-60-20-12-9-13-21-60/h18-19,26-43,48-50,52,60-62,68,70-73H,9-17,20-25,44-47,51H2,1-8H3,(H,84,93)(H,87,94)(H,88,95)(H,89,96)/t52?,68?,70-,71-,72-,73?/m1/s1. The summed E-state index contributed by atoms with van der Waals surface area (Å²) in [5, 5.41) is 12.7. The SMILES string of the molecule is CC1OC1C(=O)N(c1ccc(C(C)(C)Cc2ccc([C@H](C(=O)NC3CCCCC3)N(C(=O)C3CO3)c3ccc(C(C)(C)C)cc3)cn2)cc1)[C@@H](C(=O)NC1CCCCC1)c1ccc(CC(C)(C)c2ccc(N(C(=O)C3=CCNC(=O)C3)[C@@H](C(=O)NC3CCCCC3)c3cccnc3)cc2)nc1. The molecule has 3 aliphatic heterocycles. The van der Waals surface area contributed by atoms with Crippen LogP contribution < -0.4 is 36.0 Å². The highest BCUT2D eigenvalue weighted by Gasteiger charge is 2.48. The second kappa shape index (κ2) is 31.1. The van der Waals surface area contributed by atoms with E-state index in [1.54, 1.807) is 52.8 Å². The van der Waals surface area contributed by atoms with Crippen LogP contribution in [0.1, 0.15) is 221 Å². The van der Waals surface area contributed by atoms with Crippen molar-refractivity contribution >= 4 is 58.4 Å². The van der Waals surface area contributed by atoms with Crippen molar-refractivity contribution in [2.24, 2.45) is 0 Å². The maximum atomic E-state index is 15.2. The third kappa shape index (κ3) is 17.3. The Morgan fingerprint density at radius 3 is 1.31 bits per heavy atom. The molecule has 6 heterocycles. The monoisotopic (exact) mass is 1370 g/mol. The summed E-state index contributed by atoms with van der Waals surface area (Å²) in [5.41, 5.74) is 7.01. The number of hydrogen-bond acceptors (Lipinski definition) is 12. The van der Waals surface area contributed by atoms with Crippen LogP contribution in [0.3, 0.4) is 0 Å². The summed E-state index contributed by atoms with van der Waals surface area (Å²) >= 11 is 0. The Morgan fingerprint density at radius 2 is 0.931 bits per heavy atom. The van der Waals surface area contributed by atoms with Gasteiger partial charge in [0.1, 0.15) is 18.1 Å². The molecule has 19 nitrogen and oxygen atoms in total. The molecular weight excluding hydrogens is 1270 g/mol. The number of amides is 7. The summed E-state index contributed by atoms with van der Waals surface area (Å²) in [6.45, 7) is 17.3. The van der Waals surface area contributed by atoms with Gasteiger partial charge in [-0.05, 0) is 146 Å². The Kier molecular flexibility index (Phi) is 22.1. The van der Waals surface area contributed by atoms with Gasteiger partial charge in [-0.2, -0.15) is 0 Å². The van der Waals surface area contributed by atoms with E-state index in [4.69, 9.17) is 19.4 Å². The summed E-state index contributed by atoms with van der Waals surface area (Å²) in [5.74, 6) is -2.18. The number of hydrogen-bond donors (Lipinski definition) is 4. The molecule has 0 bridgehead atoms. The van der Waals surface area contributed by atoms with E-state index in [-0.39, 0.29) is 78.1 Å². The molecule has 3 aromatic carbocycles. The molecule has 7 amide bonds. The molecule has 0 radical (unpaired) electrons. The third-order valence-corrected chi connectivity index (χ3v) is 21.3. The van der Waals surface area contributed by atoms with Crippen molar-refractivity contribution in [3.63, 3.8) is 0 Å². The highest BCUT2D eigenvalue weighted by atomic mass is 16.6. The molecule has 19 heteroatoms. The van der Waals surface area contributed by atoms with E-state index in [1.165, 1.54) is 4.90 Å². The quantitative estimate of drug-likeness (QED) is 0.0414. The summed E-state index contributed by atoms with van der Waals surface area (Å²) in [6.07, 6.45) is 22.1. The number of ether oxygens (including phenoxy) is 2. The van der Waals surface area contributed by atoms with Crippen LogP contribution in [-0.4, -0.2) is 106 Å². The van der Waals surface area contributed by atoms with Crippen LogP contribution >= 0.6 is 0 Å². The minimum Gasteiger partial charge on any atom is -0.363 e. The van der Waals surface area contributed by atoms with Crippen molar-refractivity contribution in [2.45, 2.75) is 242 Å². The summed E-state index contributed by atoms with van der Waals surface area (Å²) in [7, 11) is 0. The number of rotatable bonds is 24. The van der Waals surface area contributed by atoms with Gasteiger partial charge in [-0.3, -0.25) is 63.2 Å². The average molecular weight is 1370 g/mol. The van der Waals surface area contributed by atoms with Gasteiger partial charge < -0.3 is 30.7 Å². The fraction of sp³-hybridized carbons (Fsp3) is 0.488. The number of benzene rings is 3. The van der Waals surface area contributed by atoms with Gasteiger partial charge in [-0.25, -0.2) is 0 Å². The first-order valence-corrected chi connectivity index (χ1v) is 36.7. The van der Waals surface area contributed by atoms with Gasteiger partial charge in [0, 0.05) is 100 Å². The number of nitrogens with zero attached hydrogens (tertiary/aromatic N) is 6. The zero-order chi connectivity index (χ0) is 71.2. The highest BCUT2D eigenvalue weighted by molar-refractivity contribution is 6.12. The van der Waals surface area contributed by atoms with Gasteiger partial charge in [0.15, 0.2) is 12.2 Å². The van der Waals surface area contributed by atoms with E-state index in [0.29, 0.717) is 58.8 Å². The molecule has 101 heavy (non-hydrogen) atoms. The van der Waals surface area contributed by atoms with Gasteiger partial charge in [-0.1, -0.05) is 167 Å². The molecule has 3 aromatic heterocycles. The summed E-state index contributed by atoms with van der Waals surface area (Å²) in [4.78, 5) is 121. The van der Waals surface area contributed by atoms with Crippen LogP contribution in [0.2, 0.25) is 0 Å². The molecule has 4 N–H and O–H groups in total. The largest absolute Gasteiger partial charge is 0.363 e. The predicted octanol–water partition coefficient (Wildman–Crippen LogP) is 12.4. The topological polar surface area (TPSA) is 241 Å². The second-order valence-electron chi connectivity index (χ2n) is 31.1. The van der Waals surface area contributed by atoms with Gasteiger partial charge >= 0.3 is 0 Å². The number of anilines is 3. The molecule has 6 aromatic rings. The Labute approximate surface area is 594 Å². The maximum Gasteiger partial charge on any atom is 0.259 e. The van der Waals surface area contributed by atoms with E-state index >= 15 is 9.59 Å². The number of nitrogens with one attached hydrogen (secondary N) is 4. The van der Waals surface area contributed by atoms with E-state index < -0.39 is 47.1 Å². The van der Waals surface area contributed by atoms with Crippen LogP contribution in [0, 0.1) is 0 Å². The normalized spacial score (nSPS) is 20.0. The molecule has 0 spiro atoms. The molecule has 2 saturated heterocycles. The highest BCUT2D eigenvalue weighted by Crippen LogP contribution is 2.40. The van der Waals surface area contributed by atoms with E-state index in [9.17, 15) is 24.0 Å². The van der Waals surface area contributed by atoms with Crippen LogP contribution in [-0.2, 0) is 72.1 Å². The molecular formula is C82H100N10O9. The second-order valence-corrected chi connectivity index (χ2v) is 31.1. The average Bonchev–Trinajstić information content (AvgIpc) is 1.75. The van der Waals surface area contributed by atoms with Gasteiger partial charge in [-0.15, -0.1) is 0 Å². The van der Waals surface area contributed by atoms with Gasteiger partial charge in [0.2, 0.25) is 23.6 Å². The lowest BCUT2D eigenvalue weighted by atomic mass is 9.80. The lowest BCUT2D eigenvalue weighted by Crippen LogP contribution is -2.48. The molecule has 3 saturated carbocycles. The van der Waals surface area contributed by atoms with Crippen LogP contribution in [0.4, 0.5) is 17.1 Å². The molecule has 6 aliphatic rings.